The summed E-state index contributed by atoms with van der Waals surface area (Å²) in [6, 6.07) is 16.5. The van der Waals surface area contributed by atoms with Gasteiger partial charge >= 0.3 is 0 Å². The summed E-state index contributed by atoms with van der Waals surface area (Å²) in [5.74, 6) is 0.397. The van der Waals surface area contributed by atoms with Crippen LogP contribution in [0.4, 0.5) is 4.39 Å². The van der Waals surface area contributed by atoms with Crippen LogP contribution >= 0.6 is 0 Å². The molecule has 3 aromatic carbocycles. The number of fused-ring (bicyclic) bond motifs is 2. The number of methoxy groups -OCH3 is 1. The van der Waals surface area contributed by atoms with Crippen LogP contribution in [0, 0.1) is 5.82 Å². The van der Waals surface area contributed by atoms with E-state index in [1.165, 1.54) is 19.2 Å². The zero-order chi connectivity index (χ0) is 32.7. The van der Waals surface area contributed by atoms with Crippen molar-refractivity contribution in [2.75, 3.05) is 13.7 Å². The molecule has 5 rings (SSSR count). The molecule has 1 aliphatic rings. The average molecular weight is 635 g/mol. The van der Waals surface area contributed by atoms with Crippen molar-refractivity contribution in [1.82, 2.24) is 9.71 Å². The number of halogens is 1. The number of benzene rings is 3. The van der Waals surface area contributed by atoms with Crippen LogP contribution in [0.1, 0.15) is 74.6 Å². The van der Waals surface area contributed by atoms with Crippen molar-refractivity contribution in [3.8, 4) is 22.8 Å². The van der Waals surface area contributed by atoms with Gasteiger partial charge in [0, 0.05) is 28.5 Å². The summed E-state index contributed by atoms with van der Waals surface area (Å²) in [5.41, 5.74) is 0.748. The molecule has 0 saturated heterocycles. The normalized spacial score (nSPS) is 18.2. The summed E-state index contributed by atoms with van der Waals surface area (Å²) in [6.07, 6.45) is 0.0737. The Balaban J connectivity index is 1.49. The lowest BCUT2D eigenvalue weighted by atomic mass is 9.87. The molecule has 0 aliphatic carbocycles. The summed E-state index contributed by atoms with van der Waals surface area (Å²) in [5, 5.41) is 22.9. The van der Waals surface area contributed by atoms with Crippen LogP contribution in [0.3, 0.4) is 0 Å². The second-order valence-electron chi connectivity index (χ2n) is 12.9. The number of carbonyl (C=O) groups excluding carboxylic acids is 1. The molecule has 0 amide bonds. The number of aromatic nitrogens is 1. The number of hydrogen-bond acceptors (Lipinski definition) is 7. The summed E-state index contributed by atoms with van der Waals surface area (Å²) >= 11 is 0. The molecule has 1 unspecified atom stereocenters. The number of Topliss-reactive ketones (excluding diaryl/α,β-unsaturated/α-hetero) is 1. The highest BCUT2D eigenvalue weighted by molar-refractivity contribution is 7.84. The summed E-state index contributed by atoms with van der Waals surface area (Å²) in [7, 11) is 0.0974. The first-order valence-electron chi connectivity index (χ1n) is 14.8. The molecule has 0 fully saturated rings. The zero-order valence-corrected chi connectivity index (χ0v) is 27.2. The second-order valence-corrected chi connectivity index (χ2v) is 14.9. The minimum Gasteiger partial charge on any atom is -0.496 e. The van der Waals surface area contributed by atoms with E-state index in [0.29, 0.717) is 39.6 Å². The summed E-state index contributed by atoms with van der Waals surface area (Å²) in [6.45, 7) is 9.18. The number of nitrogens with one attached hydrogen (secondary N) is 1. The number of aliphatic hydroxyl groups excluding tert-OH is 1. The number of pyridine rings is 1. The van der Waals surface area contributed by atoms with Gasteiger partial charge in [0.15, 0.2) is 11.5 Å². The molecule has 45 heavy (non-hydrogen) atoms. The van der Waals surface area contributed by atoms with Crippen molar-refractivity contribution in [2.24, 2.45) is 0 Å². The van der Waals surface area contributed by atoms with Gasteiger partial charge in [-0.1, -0.05) is 12.1 Å². The predicted molar refractivity (Wildman–Crippen MR) is 173 cm³/mol. The van der Waals surface area contributed by atoms with Gasteiger partial charge in [-0.3, -0.25) is 4.79 Å². The summed E-state index contributed by atoms with van der Waals surface area (Å²) < 4.78 is 41.3. The lowest BCUT2D eigenvalue weighted by Crippen LogP contribution is -2.47. The molecular weight excluding hydrogens is 595 g/mol. The maximum Gasteiger partial charge on any atom is 0.163 e. The van der Waals surface area contributed by atoms with Gasteiger partial charge in [0.25, 0.3) is 0 Å². The van der Waals surface area contributed by atoms with Crippen LogP contribution in [0.5, 0.6) is 11.5 Å². The number of ketones is 1. The highest BCUT2D eigenvalue weighted by Crippen LogP contribution is 2.45. The fraction of sp³-hybridized carbons (Fsp3) is 0.371. The van der Waals surface area contributed by atoms with E-state index >= 15 is 0 Å². The van der Waals surface area contributed by atoms with E-state index in [2.05, 4.69) is 4.72 Å². The topological polar surface area (TPSA) is 118 Å². The molecule has 0 bridgehead atoms. The van der Waals surface area contributed by atoms with Crippen LogP contribution < -0.4 is 14.2 Å². The molecule has 10 heteroatoms. The van der Waals surface area contributed by atoms with E-state index in [-0.39, 0.29) is 31.8 Å². The van der Waals surface area contributed by atoms with Gasteiger partial charge < -0.3 is 19.7 Å². The molecule has 0 saturated carbocycles. The minimum atomic E-state index is -1.54. The van der Waals surface area contributed by atoms with E-state index in [0.717, 1.165) is 16.3 Å². The largest absolute Gasteiger partial charge is 0.496 e. The average Bonchev–Trinajstić information content (AvgIpc) is 3.34. The molecule has 3 N–H and O–H groups in total. The minimum absolute atomic E-state index is 0.0150. The molecule has 4 aromatic rings. The molecule has 0 spiro atoms. The van der Waals surface area contributed by atoms with E-state index in [1.807, 2.05) is 39.8 Å². The Labute approximate surface area is 265 Å². The maximum atomic E-state index is 13.8. The SMILES string of the molecule is COc1cc(C(=O)CC[C@@](C)(O)c2cc3c(c(-c4ccc(F)cc4)n2)OC[C@@]3(C)NS(=O)C(C)(C)C)cc2ccc(CO)cc12. The fourth-order valence-electron chi connectivity index (χ4n) is 5.33. The van der Waals surface area contributed by atoms with E-state index in [1.54, 1.807) is 43.3 Å². The lowest BCUT2D eigenvalue weighted by molar-refractivity contribution is 0.0396. The van der Waals surface area contributed by atoms with Crippen LogP contribution in [0.2, 0.25) is 0 Å². The molecule has 1 aromatic heterocycles. The number of nitrogens with zero attached hydrogens (tertiary/aromatic N) is 1. The van der Waals surface area contributed by atoms with Crippen molar-refractivity contribution in [3.05, 3.63) is 88.9 Å². The van der Waals surface area contributed by atoms with Crippen molar-refractivity contribution < 1.29 is 33.1 Å². The van der Waals surface area contributed by atoms with Crippen molar-refractivity contribution in [3.63, 3.8) is 0 Å². The highest BCUT2D eigenvalue weighted by atomic mass is 32.2. The maximum absolute atomic E-state index is 13.8. The molecule has 8 nitrogen and oxygen atoms in total. The fourth-order valence-corrected chi connectivity index (χ4v) is 6.22. The Morgan fingerprint density at radius 3 is 2.47 bits per heavy atom. The second kappa shape index (κ2) is 12.2. The van der Waals surface area contributed by atoms with E-state index in [9.17, 15) is 23.6 Å². The van der Waals surface area contributed by atoms with Gasteiger partial charge in [-0.05, 0) is 101 Å². The lowest BCUT2D eigenvalue weighted by Gasteiger charge is -2.30. The standard InChI is InChI=1S/C35H39FN2O6S/c1-33(2,3)45(42)38-34(4)20-44-32-27(34)18-30(37-31(32)22-9-11-25(36)12-10-22)35(5,41)14-13-28(40)24-16-23-8-7-21(19-39)15-26(23)29(17-24)43-6/h7-12,15-18,38-39,41H,13-14,19-20H2,1-6H3/t34-,35-,45?/m1/s1. The Morgan fingerprint density at radius 2 is 1.82 bits per heavy atom. The number of ether oxygens (including phenoxy) is 2. The van der Waals surface area contributed by atoms with Gasteiger partial charge in [0.2, 0.25) is 0 Å². The first kappa shape index (κ1) is 32.7. The highest BCUT2D eigenvalue weighted by Gasteiger charge is 2.43. The Kier molecular flexibility index (Phi) is 8.89. The smallest absolute Gasteiger partial charge is 0.163 e. The molecule has 2 heterocycles. The number of rotatable bonds is 10. The van der Waals surface area contributed by atoms with Crippen molar-refractivity contribution >= 4 is 27.5 Å². The van der Waals surface area contributed by atoms with Crippen LogP contribution in [-0.2, 0) is 28.7 Å². The van der Waals surface area contributed by atoms with Crippen molar-refractivity contribution in [1.29, 1.82) is 0 Å². The Morgan fingerprint density at radius 1 is 1.11 bits per heavy atom. The zero-order valence-electron chi connectivity index (χ0n) is 26.4. The molecule has 1 aliphatic heterocycles. The Hall–Kier alpha value is -3.70. The molecule has 238 valence electrons. The molecule has 0 radical (unpaired) electrons. The van der Waals surface area contributed by atoms with Crippen LogP contribution in [0.25, 0.3) is 22.0 Å². The van der Waals surface area contributed by atoms with Gasteiger partial charge in [0.1, 0.15) is 29.5 Å². The van der Waals surface area contributed by atoms with E-state index in [4.69, 9.17) is 14.5 Å². The quantitative estimate of drug-likeness (QED) is 0.181. The van der Waals surface area contributed by atoms with Gasteiger partial charge in [-0.2, -0.15) is 0 Å². The summed E-state index contributed by atoms with van der Waals surface area (Å²) in [4.78, 5) is 18.2. The molecule has 3 atom stereocenters. The first-order valence-corrected chi connectivity index (χ1v) is 15.9. The first-order chi connectivity index (χ1) is 21.1. The monoisotopic (exact) mass is 634 g/mol. The Bertz CT molecular complexity index is 1780. The van der Waals surface area contributed by atoms with Gasteiger partial charge in [-0.25, -0.2) is 18.3 Å². The number of aliphatic hydroxyl groups is 2. The van der Waals surface area contributed by atoms with Gasteiger partial charge in [-0.15, -0.1) is 0 Å². The third kappa shape index (κ3) is 6.65. The number of hydrogen-bond donors (Lipinski definition) is 3. The third-order valence-electron chi connectivity index (χ3n) is 8.16. The predicted octanol–water partition coefficient (Wildman–Crippen LogP) is 6.07. The number of carbonyl (C=O) groups is 1. The van der Waals surface area contributed by atoms with Gasteiger partial charge in [0.05, 0.1) is 40.7 Å². The third-order valence-corrected chi connectivity index (χ3v) is 9.91. The van der Waals surface area contributed by atoms with E-state index < -0.39 is 32.7 Å². The molecular formula is C35H39FN2O6S. The van der Waals surface area contributed by atoms with Crippen LogP contribution in [-0.4, -0.2) is 43.7 Å². The van der Waals surface area contributed by atoms with Crippen LogP contribution in [0.15, 0.2) is 60.7 Å². The van der Waals surface area contributed by atoms with Crippen molar-refractivity contribution in [2.45, 2.75) is 70.0 Å².